The maximum absolute atomic E-state index is 10.9. The van der Waals surface area contributed by atoms with E-state index in [1.807, 2.05) is 18.7 Å². The summed E-state index contributed by atoms with van der Waals surface area (Å²) in [6.45, 7) is 4.17. The van der Waals surface area contributed by atoms with E-state index in [0.29, 0.717) is 6.04 Å². The van der Waals surface area contributed by atoms with Gasteiger partial charge in [0, 0.05) is 30.9 Å². The van der Waals surface area contributed by atoms with Crippen LogP contribution in [0.1, 0.15) is 49.9 Å². The number of nitrogens with one attached hydrogen (secondary N) is 1. The van der Waals surface area contributed by atoms with E-state index < -0.39 is 5.97 Å². The van der Waals surface area contributed by atoms with E-state index in [1.165, 1.54) is 5.56 Å². The fourth-order valence-corrected chi connectivity index (χ4v) is 2.99. The Morgan fingerprint density at radius 3 is 2.58 bits per heavy atom. The summed E-state index contributed by atoms with van der Waals surface area (Å²) in [6.07, 6.45) is 5.51. The highest BCUT2D eigenvalue weighted by atomic mass is 16.4. The third-order valence-corrected chi connectivity index (χ3v) is 4.08. The summed E-state index contributed by atoms with van der Waals surface area (Å²) >= 11 is 0. The molecule has 1 fully saturated rings. The number of hydrogen-bond donors (Lipinski definition) is 2. The zero-order valence-corrected chi connectivity index (χ0v) is 11.9. The van der Waals surface area contributed by atoms with Gasteiger partial charge in [-0.1, -0.05) is 0 Å². The third-order valence-electron chi connectivity index (χ3n) is 4.08. The van der Waals surface area contributed by atoms with Crippen LogP contribution in [0.2, 0.25) is 0 Å². The minimum atomic E-state index is -0.644. The highest BCUT2D eigenvalue weighted by Gasteiger charge is 2.27. The second-order valence-corrected chi connectivity index (χ2v) is 5.62. The van der Waals surface area contributed by atoms with Crippen LogP contribution in [0.4, 0.5) is 0 Å². The van der Waals surface area contributed by atoms with E-state index in [4.69, 9.17) is 5.11 Å². The number of carbonyl (C=O) groups is 1. The zero-order valence-electron chi connectivity index (χ0n) is 11.9. The summed E-state index contributed by atoms with van der Waals surface area (Å²) < 4.78 is 1.84. The number of aliphatic carboxylic acids is 1. The first-order chi connectivity index (χ1) is 8.97. The van der Waals surface area contributed by atoms with E-state index in [9.17, 15) is 4.79 Å². The lowest BCUT2D eigenvalue weighted by atomic mass is 9.85. The molecule has 1 unspecified atom stereocenters. The number of carboxylic acid groups (broad SMARTS) is 1. The SMILES string of the molecule is Cc1nn(C)cc1C(C)NC1CCC(C(=O)O)CC1. The van der Waals surface area contributed by atoms with Crippen molar-refractivity contribution in [3.8, 4) is 0 Å². The summed E-state index contributed by atoms with van der Waals surface area (Å²) in [4.78, 5) is 10.9. The quantitative estimate of drug-likeness (QED) is 0.874. The minimum Gasteiger partial charge on any atom is -0.481 e. The Bertz CT molecular complexity index is 448. The Morgan fingerprint density at radius 2 is 2.11 bits per heavy atom. The van der Waals surface area contributed by atoms with Gasteiger partial charge in [-0.15, -0.1) is 0 Å². The molecular formula is C14H23N3O2. The van der Waals surface area contributed by atoms with Gasteiger partial charge >= 0.3 is 5.97 Å². The third kappa shape index (κ3) is 3.35. The van der Waals surface area contributed by atoms with Gasteiger partial charge in [0.15, 0.2) is 0 Å². The fourth-order valence-electron chi connectivity index (χ4n) is 2.99. The van der Waals surface area contributed by atoms with Gasteiger partial charge in [-0.2, -0.15) is 5.10 Å². The number of aromatic nitrogens is 2. The molecule has 5 nitrogen and oxygen atoms in total. The lowest BCUT2D eigenvalue weighted by molar-refractivity contribution is -0.142. The Kier molecular flexibility index (Phi) is 4.24. The number of hydrogen-bond acceptors (Lipinski definition) is 3. The summed E-state index contributed by atoms with van der Waals surface area (Å²) in [6, 6.07) is 0.685. The van der Waals surface area contributed by atoms with Crippen LogP contribution in [-0.4, -0.2) is 26.9 Å². The summed E-state index contributed by atoms with van der Waals surface area (Å²) in [7, 11) is 1.93. The van der Waals surface area contributed by atoms with Gasteiger partial charge in [0.25, 0.3) is 0 Å². The zero-order chi connectivity index (χ0) is 14.0. The molecule has 2 rings (SSSR count). The molecular weight excluding hydrogens is 242 g/mol. The Morgan fingerprint density at radius 1 is 1.47 bits per heavy atom. The van der Waals surface area contributed by atoms with Crippen LogP contribution in [0.25, 0.3) is 0 Å². The van der Waals surface area contributed by atoms with Crippen molar-refractivity contribution in [2.75, 3.05) is 0 Å². The van der Waals surface area contributed by atoms with E-state index in [1.54, 1.807) is 0 Å². The highest BCUT2D eigenvalue weighted by Crippen LogP contribution is 2.26. The van der Waals surface area contributed by atoms with Gasteiger partial charge < -0.3 is 10.4 Å². The molecule has 0 spiro atoms. The lowest BCUT2D eigenvalue weighted by Gasteiger charge is -2.29. The standard InChI is InChI=1S/C14H23N3O2/c1-9(13-8-17(3)16-10(13)2)15-12-6-4-11(5-7-12)14(18)19/h8-9,11-12,15H,4-7H2,1-3H3,(H,18,19). The molecule has 0 saturated heterocycles. The van der Waals surface area contributed by atoms with Gasteiger partial charge in [-0.3, -0.25) is 9.48 Å². The number of carboxylic acids is 1. The van der Waals surface area contributed by atoms with Gasteiger partial charge in [0.1, 0.15) is 0 Å². The van der Waals surface area contributed by atoms with Crippen molar-refractivity contribution < 1.29 is 9.90 Å². The largest absolute Gasteiger partial charge is 0.481 e. The fraction of sp³-hybridized carbons (Fsp3) is 0.714. The first-order valence-corrected chi connectivity index (χ1v) is 6.96. The average Bonchev–Trinajstić information content (AvgIpc) is 2.69. The molecule has 1 aromatic heterocycles. The van der Waals surface area contributed by atoms with Crippen LogP contribution < -0.4 is 5.32 Å². The molecule has 0 bridgehead atoms. The molecule has 1 atom stereocenters. The molecule has 1 heterocycles. The van der Waals surface area contributed by atoms with E-state index in [2.05, 4.69) is 23.5 Å². The summed E-state index contributed by atoms with van der Waals surface area (Å²) in [5.74, 6) is -0.789. The van der Waals surface area contributed by atoms with E-state index >= 15 is 0 Å². The van der Waals surface area contributed by atoms with Crippen molar-refractivity contribution in [2.45, 2.75) is 51.6 Å². The van der Waals surface area contributed by atoms with Crippen LogP contribution in [0, 0.1) is 12.8 Å². The van der Waals surface area contributed by atoms with Crippen LogP contribution in [0.5, 0.6) is 0 Å². The topological polar surface area (TPSA) is 67.2 Å². The predicted octanol–water partition coefficient (Wildman–Crippen LogP) is 2.02. The molecule has 19 heavy (non-hydrogen) atoms. The average molecular weight is 265 g/mol. The van der Waals surface area contributed by atoms with Crippen molar-refractivity contribution in [3.63, 3.8) is 0 Å². The van der Waals surface area contributed by atoms with Crippen molar-refractivity contribution in [1.29, 1.82) is 0 Å². The first kappa shape index (κ1) is 14.1. The van der Waals surface area contributed by atoms with Gasteiger partial charge in [0.2, 0.25) is 0 Å². The van der Waals surface area contributed by atoms with Gasteiger partial charge in [-0.05, 0) is 39.5 Å². The smallest absolute Gasteiger partial charge is 0.306 e. The Labute approximate surface area is 114 Å². The summed E-state index contributed by atoms with van der Waals surface area (Å²) in [5.41, 5.74) is 2.28. The summed E-state index contributed by atoms with van der Waals surface area (Å²) in [5, 5.41) is 17.0. The Balaban J connectivity index is 1.89. The molecule has 1 aliphatic rings. The molecule has 1 aliphatic carbocycles. The molecule has 0 radical (unpaired) electrons. The monoisotopic (exact) mass is 265 g/mol. The highest BCUT2D eigenvalue weighted by molar-refractivity contribution is 5.70. The van der Waals surface area contributed by atoms with Crippen LogP contribution in [0.15, 0.2) is 6.20 Å². The maximum Gasteiger partial charge on any atom is 0.306 e. The van der Waals surface area contributed by atoms with Gasteiger partial charge in [0.05, 0.1) is 11.6 Å². The van der Waals surface area contributed by atoms with Crippen LogP contribution in [-0.2, 0) is 11.8 Å². The minimum absolute atomic E-state index is 0.145. The molecule has 106 valence electrons. The number of rotatable bonds is 4. The molecule has 0 amide bonds. The number of aryl methyl sites for hydroxylation is 2. The number of nitrogens with zero attached hydrogens (tertiary/aromatic N) is 2. The van der Waals surface area contributed by atoms with Crippen molar-refractivity contribution in [1.82, 2.24) is 15.1 Å². The molecule has 1 aromatic rings. The molecule has 0 aliphatic heterocycles. The second kappa shape index (κ2) is 5.74. The first-order valence-electron chi connectivity index (χ1n) is 6.96. The predicted molar refractivity (Wildman–Crippen MR) is 72.9 cm³/mol. The van der Waals surface area contributed by atoms with Crippen LogP contribution in [0.3, 0.4) is 0 Å². The normalized spacial score (nSPS) is 25.2. The molecule has 0 aromatic carbocycles. The second-order valence-electron chi connectivity index (χ2n) is 5.62. The van der Waals surface area contributed by atoms with Gasteiger partial charge in [-0.25, -0.2) is 0 Å². The van der Waals surface area contributed by atoms with E-state index in [0.717, 1.165) is 31.4 Å². The molecule has 5 heteroatoms. The van der Waals surface area contributed by atoms with Crippen molar-refractivity contribution >= 4 is 5.97 Å². The maximum atomic E-state index is 10.9. The van der Waals surface area contributed by atoms with Crippen LogP contribution >= 0.6 is 0 Å². The van der Waals surface area contributed by atoms with Crippen molar-refractivity contribution in [3.05, 3.63) is 17.5 Å². The lowest BCUT2D eigenvalue weighted by Crippen LogP contribution is -2.36. The molecule has 2 N–H and O–H groups in total. The Hall–Kier alpha value is -1.36. The van der Waals surface area contributed by atoms with Crippen molar-refractivity contribution in [2.24, 2.45) is 13.0 Å². The molecule has 1 saturated carbocycles. The van der Waals surface area contributed by atoms with E-state index in [-0.39, 0.29) is 12.0 Å².